The van der Waals surface area contributed by atoms with Crippen LogP contribution in [0.2, 0.25) is 0 Å². The van der Waals surface area contributed by atoms with E-state index < -0.39 is 0 Å². The Balaban J connectivity index is 1.19. The van der Waals surface area contributed by atoms with Crippen LogP contribution >= 0.6 is 11.3 Å². The number of hydrogen-bond acceptors (Lipinski definition) is 4. The van der Waals surface area contributed by atoms with E-state index in [-0.39, 0.29) is 0 Å². The predicted octanol–water partition coefficient (Wildman–Crippen LogP) is 15.1. The van der Waals surface area contributed by atoms with Gasteiger partial charge in [-0.3, -0.25) is 0 Å². The van der Waals surface area contributed by atoms with Crippen molar-refractivity contribution >= 4 is 42.3 Å². The average Bonchev–Trinajstić information content (AvgIpc) is 3.70. The standard InChI is InChI=1S/C55H35N3S/c1-5-18-36(19-6-1)43-33-40-26-13-14-29-44(40)46(34-43)41-27-17-28-42(32-41)54-56-53(39-24-11-4-12-25-39)57-55(58-54)51-47(37-20-7-2-8-21-37)35-48-45-30-15-16-31-49(45)59-52(48)50(51)38-22-9-3-10-23-38/h1-35H. The minimum absolute atomic E-state index is 0.619. The fraction of sp³-hybridized carbons (Fsp3) is 0. The molecule has 0 aliphatic heterocycles. The Kier molecular flexibility index (Phi) is 8.68. The molecule has 0 aliphatic carbocycles. The number of aromatic nitrogens is 3. The van der Waals surface area contributed by atoms with Gasteiger partial charge in [0.1, 0.15) is 0 Å². The van der Waals surface area contributed by atoms with E-state index in [4.69, 9.17) is 15.0 Å². The van der Waals surface area contributed by atoms with Crippen molar-refractivity contribution in [3.8, 4) is 78.7 Å². The first-order valence-corrected chi connectivity index (χ1v) is 20.7. The summed E-state index contributed by atoms with van der Waals surface area (Å²) in [5, 5.41) is 4.86. The monoisotopic (exact) mass is 769 g/mol. The molecule has 0 saturated heterocycles. The summed E-state index contributed by atoms with van der Waals surface area (Å²) in [5.74, 6) is 1.88. The summed E-state index contributed by atoms with van der Waals surface area (Å²) < 4.78 is 2.46. The number of benzene rings is 9. The molecule has 0 radical (unpaired) electrons. The zero-order chi connectivity index (χ0) is 39.1. The second-order valence-corrected chi connectivity index (χ2v) is 15.8. The quantitative estimate of drug-likeness (QED) is 0.162. The van der Waals surface area contributed by atoms with Crippen molar-refractivity contribution in [1.82, 2.24) is 15.0 Å². The third kappa shape index (κ3) is 6.37. The molecule has 276 valence electrons. The fourth-order valence-electron chi connectivity index (χ4n) is 8.32. The molecule has 0 N–H and O–H groups in total. The molecule has 2 aromatic heterocycles. The Hall–Kier alpha value is -7.53. The van der Waals surface area contributed by atoms with E-state index in [2.05, 4.69) is 194 Å². The van der Waals surface area contributed by atoms with Crippen LogP contribution in [0.4, 0.5) is 0 Å². The maximum Gasteiger partial charge on any atom is 0.165 e. The van der Waals surface area contributed by atoms with Gasteiger partial charge in [-0.05, 0) is 80.0 Å². The van der Waals surface area contributed by atoms with Crippen LogP contribution in [0.1, 0.15) is 0 Å². The van der Waals surface area contributed by atoms with Crippen LogP contribution in [0.5, 0.6) is 0 Å². The smallest absolute Gasteiger partial charge is 0.165 e. The Morgan fingerprint density at radius 3 is 1.56 bits per heavy atom. The first-order valence-electron chi connectivity index (χ1n) is 19.9. The molecule has 0 aliphatic rings. The van der Waals surface area contributed by atoms with Crippen LogP contribution in [0, 0.1) is 0 Å². The largest absolute Gasteiger partial charge is 0.208 e. The van der Waals surface area contributed by atoms with Gasteiger partial charge in [0.25, 0.3) is 0 Å². The molecule has 11 aromatic rings. The van der Waals surface area contributed by atoms with Gasteiger partial charge in [0.2, 0.25) is 0 Å². The molecule has 0 atom stereocenters. The number of fused-ring (bicyclic) bond motifs is 4. The van der Waals surface area contributed by atoms with Crippen molar-refractivity contribution in [1.29, 1.82) is 0 Å². The van der Waals surface area contributed by atoms with Gasteiger partial charge in [-0.25, -0.2) is 15.0 Å². The number of rotatable bonds is 7. The maximum atomic E-state index is 5.48. The molecule has 4 heteroatoms. The topological polar surface area (TPSA) is 38.7 Å². The second-order valence-electron chi connectivity index (χ2n) is 14.7. The van der Waals surface area contributed by atoms with Crippen molar-refractivity contribution in [3.63, 3.8) is 0 Å². The lowest BCUT2D eigenvalue weighted by Crippen LogP contribution is -2.02. The highest BCUT2D eigenvalue weighted by Crippen LogP contribution is 2.49. The van der Waals surface area contributed by atoms with Crippen LogP contribution in [-0.2, 0) is 0 Å². The first kappa shape index (κ1) is 34.7. The Bertz CT molecular complexity index is 3300. The van der Waals surface area contributed by atoms with Crippen molar-refractivity contribution in [2.45, 2.75) is 0 Å². The van der Waals surface area contributed by atoms with E-state index in [1.807, 2.05) is 29.5 Å². The molecule has 0 unspecified atom stereocenters. The summed E-state index contributed by atoms with van der Waals surface area (Å²) in [6, 6.07) is 75.2. The van der Waals surface area contributed by atoms with E-state index in [1.165, 1.54) is 42.1 Å². The lowest BCUT2D eigenvalue weighted by Gasteiger charge is -2.18. The van der Waals surface area contributed by atoms with Crippen LogP contribution in [-0.4, -0.2) is 15.0 Å². The molecular formula is C55H35N3S. The van der Waals surface area contributed by atoms with E-state index in [0.29, 0.717) is 17.5 Å². The molecule has 2 heterocycles. The van der Waals surface area contributed by atoms with Crippen molar-refractivity contribution < 1.29 is 0 Å². The highest BCUT2D eigenvalue weighted by Gasteiger charge is 2.24. The van der Waals surface area contributed by atoms with Crippen molar-refractivity contribution in [2.24, 2.45) is 0 Å². The number of thiophene rings is 1. The summed E-state index contributed by atoms with van der Waals surface area (Å²) in [7, 11) is 0. The molecule has 11 rings (SSSR count). The van der Waals surface area contributed by atoms with Crippen LogP contribution < -0.4 is 0 Å². The minimum atomic E-state index is 0.619. The van der Waals surface area contributed by atoms with E-state index in [9.17, 15) is 0 Å². The van der Waals surface area contributed by atoms with Crippen LogP contribution in [0.15, 0.2) is 212 Å². The zero-order valence-electron chi connectivity index (χ0n) is 32.0. The summed E-state index contributed by atoms with van der Waals surface area (Å²) in [5.41, 5.74) is 11.9. The van der Waals surface area contributed by atoms with Crippen molar-refractivity contribution in [2.75, 3.05) is 0 Å². The van der Waals surface area contributed by atoms with Gasteiger partial charge in [0, 0.05) is 42.4 Å². The van der Waals surface area contributed by atoms with Gasteiger partial charge in [0.05, 0.1) is 0 Å². The van der Waals surface area contributed by atoms with Crippen molar-refractivity contribution in [3.05, 3.63) is 212 Å². The Morgan fingerprint density at radius 2 is 0.831 bits per heavy atom. The third-order valence-electron chi connectivity index (χ3n) is 11.1. The van der Waals surface area contributed by atoms with Gasteiger partial charge >= 0.3 is 0 Å². The second kappa shape index (κ2) is 14.8. The van der Waals surface area contributed by atoms with Crippen LogP contribution in [0.3, 0.4) is 0 Å². The molecule has 59 heavy (non-hydrogen) atoms. The minimum Gasteiger partial charge on any atom is -0.208 e. The highest BCUT2D eigenvalue weighted by molar-refractivity contribution is 7.26. The van der Waals surface area contributed by atoms with E-state index >= 15 is 0 Å². The third-order valence-corrected chi connectivity index (χ3v) is 12.3. The predicted molar refractivity (Wildman–Crippen MR) is 248 cm³/mol. The first-order chi connectivity index (χ1) is 29.2. The van der Waals surface area contributed by atoms with Gasteiger partial charge in [-0.2, -0.15) is 0 Å². The maximum absolute atomic E-state index is 5.48. The number of hydrogen-bond donors (Lipinski definition) is 0. The normalized spacial score (nSPS) is 11.4. The molecule has 9 aromatic carbocycles. The molecular weight excluding hydrogens is 735 g/mol. The van der Waals surface area contributed by atoms with E-state index in [1.54, 1.807) is 0 Å². The molecule has 0 bridgehead atoms. The fourth-order valence-corrected chi connectivity index (χ4v) is 9.58. The summed E-state index contributed by atoms with van der Waals surface area (Å²) in [4.78, 5) is 16.1. The molecule has 0 amide bonds. The summed E-state index contributed by atoms with van der Waals surface area (Å²) in [6.07, 6.45) is 0. The Morgan fingerprint density at radius 1 is 0.288 bits per heavy atom. The number of nitrogens with zero attached hydrogens (tertiary/aromatic N) is 3. The Labute approximate surface area is 346 Å². The molecule has 3 nitrogen and oxygen atoms in total. The molecule has 0 saturated carbocycles. The average molecular weight is 770 g/mol. The SMILES string of the molecule is c1ccc(-c2cc(-c3cccc(-c4nc(-c5ccccc5)nc(-c5c(-c6ccccc6)cc6c(sc7ccccc76)c5-c5ccccc5)n4)c3)c3ccccc3c2)cc1. The summed E-state index contributed by atoms with van der Waals surface area (Å²) in [6.45, 7) is 0. The van der Waals surface area contributed by atoms with Gasteiger partial charge in [-0.1, -0.05) is 182 Å². The van der Waals surface area contributed by atoms with E-state index in [0.717, 1.165) is 50.1 Å². The zero-order valence-corrected chi connectivity index (χ0v) is 32.8. The van der Waals surface area contributed by atoms with Gasteiger partial charge in [0.15, 0.2) is 17.5 Å². The molecule has 0 fully saturated rings. The van der Waals surface area contributed by atoms with Crippen LogP contribution in [0.25, 0.3) is 110 Å². The highest BCUT2D eigenvalue weighted by atomic mass is 32.1. The molecule has 0 spiro atoms. The lowest BCUT2D eigenvalue weighted by atomic mass is 9.89. The lowest BCUT2D eigenvalue weighted by molar-refractivity contribution is 1.08. The van der Waals surface area contributed by atoms with Gasteiger partial charge in [-0.15, -0.1) is 11.3 Å². The van der Waals surface area contributed by atoms with Gasteiger partial charge < -0.3 is 0 Å². The summed E-state index contributed by atoms with van der Waals surface area (Å²) >= 11 is 1.83.